The van der Waals surface area contributed by atoms with E-state index >= 15 is 0 Å². The standard InChI is InChI=1S/C35H35F9N8O8/c1-18-8-13-23-22(16-18)26(48-27(46-23)28(53)49-14-15-50(19(2)17-49)20-9-11-21(57-3)12-10-20)47-24-6-4-5-7-25(24)51(58-29(54)33(36,37)38)32(45)52(59-30(55)34(39,40)41)60-31(56)35(42,43)44/h8-13,16,19,24-25,45H,4-7,14-15,17H2,1-3H3,(H,46,47,48). The molecule has 3 unspecified atom stereocenters. The first-order chi connectivity index (χ1) is 28.0. The summed E-state index contributed by atoms with van der Waals surface area (Å²) in [5.41, 5.74) is 1.73. The largest absolute Gasteiger partial charge is 0.497 e. The molecule has 3 atom stereocenters. The summed E-state index contributed by atoms with van der Waals surface area (Å²) < 4.78 is 125. The van der Waals surface area contributed by atoms with Crippen molar-refractivity contribution in [3.05, 3.63) is 53.9 Å². The number of amides is 1. The lowest BCUT2D eigenvalue weighted by Gasteiger charge is -2.41. The molecule has 1 amide bonds. The van der Waals surface area contributed by atoms with E-state index in [1.54, 1.807) is 37.3 Å². The topological polar surface area (TPSA) is 180 Å². The van der Waals surface area contributed by atoms with Crippen LogP contribution in [-0.4, -0.2) is 118 Å². The van der Waals surface area contributed by atoms with E-state index in [2.05, 4.69) is 34.7 Å². The molecule has 1 saturated heterocycles. The maximum absolute atomic E-state index is 14.0. The van der Waals surface area contributed by atoms with Crippen LogP contribution >= 0.6 is 0 Å². The summed E-state index contributed by atoms with van der Waals surface area (Å²) >= 11 is 0. The summed E-state index contributed by atoms with van der Waals surface area (Å²) in [6.07, 6.45) is -18.0. The summed E-state index contributed by atoms with van der Waals surface area (Å²) in [5.74, 6) is -12.5. The number of guanidine groups is 1. The lowest BCUT2D eigenvalue weighted by molar-refractivity contribution is -0.326. The Morgan fingerprint density at radius 2 is 1.40 bits per heavy atom. The lowest BCUT2D eigenvalue weighted by atomic mass is 9.90. The molecular weight excluding hydrogens is 831 g/mol. The van der Waals surface area contributed by atoms with Crippen LogP contribution in [0.2, 0.25) is 0 Å². The van der Waals surface area contributed by atoms with Crippen LogP contribution in [0.5, 0.6) is 5.75 Å². The van der Waals surface area contributed by atoms with Gasteiger partial charge in [-0.25, -0.2) is 24.4 Å². The molecule has 0 spiro atoms. The van der Waals surface area contributed by atoms with Crippen molar-refractivity contribution < 1.29 is 77.9 Å². The summed E-state index contributed by atoms with van der Waals surface area (Å²) in [7, 11) is 1.53. The van der Waals surface area contributed by atoms with Gasteiger partial charge in [-0.3, -0.25) is 19.9 Å². The highest BCUT2D eigenvalue weighted by atomic mass is 19.4. The van der Waals surface area contributed by atoms with Crippen molar-refractivity contribution in [1.29, 1.82) is 5.41 Å². The molecule has 3 aromatic rings. The van der Waals surface area contributed by atoms with Crippen molar-refractivity contribution in [1.82, 2.24) is 25.2 Å². The third kappa shape index (κ3) is 10.5. The van der Waals surface area contributed by atoms with Crippen LogP contribution in [0, 0.1) is 12.3 Å². The first kappa shape index (κ1) is 44.8. The minimum Gasteiger partial charge on any atom is -0.497 e. The van der Waals surface area contributed by atoms with Gasteiger partial charge in [0.05, 0.1) is 24.7 Å². The Morgan fingerprint density at radius 1 is 0.817 bits per heavy atom. The van der Waals surface area contributed by atoms with Crippen LogP contribution in [0.3, 0.4) is 0 Å². The highest BCUT2D eigenvalue weighted by Crippen LogP contribution is 2.33. The molecule has 16 nitrogen and oxygen atoms in total. The van der Waals surface area contributed by atoms with Gasteiger partial charge in [0.1, 0.15) is 11.6 Å². The number of piperazine rings is 1. The number of nitrogens with one attached hydrogen (secondary N) is 2. The third-order valence-electron chi connectivity index (χ3n) is 9.30. The van der Waals surface area contributed by atoms with E-state index in [1.807, 2.05) is 19.1 Å². The van der Waals surface area contributed by atoms with E-state index < -0.39 is 70.7 Å². The number of aromatic nitrogens is 2. The van der Waals surface area contributed by atoms with Gasteiger partial charge < -0.3 is 24.7 Å². The zero-order chi connectivity index (χ0) is 44.3. The fourth-order valence-electron chi connectivity index (χ4n) is 6.47. The average molecular weight is 867 g/mol. The van der Waals surface area contributed by atoms with Gasteiger partial charge in [-0.1, -0.05) is 24.5 Å². The molecule has 60 heavy (non-hydrogen) atoms. The van der Waals surface area contributed by atoms with Gasteiger partial charge in [0.2, 0.25) is 5.82 Å². The number of benzene rings is 2. The number of rotatable bonds is 6. The fraction of sp³-hybridized carbons (Fsp3) is 0.457. The molecule has 5 rings (SSSR count). The Hall–Kier alpha value is -6.30. The van der Waals surface area contributed by atoms with E-state index in [-0.39, 0.29) is 67.4 Å². The first-order valence-electron chi connectivity index (χ1n) is 17.8. The van der Waals surface area contributed by atoms with E-state index in [0.717, 1.165) is 5.69 Å². The molecule has 0 bridgehead atoms. The second-order valence-corrected chi connectivity index (χ2v) is 13.5. The Kier molecular flexibility index (Phi) is 13.1. The van der Waals surface area contributed by atoms with Crippen molar-refractivity contribution in [2.24, 2.45) is 0 Å². The number of carbonyl (C=O) groups is 4. The first-order valence-corrected chi connectivity index (χ1v) is 17.8. The average Bonchev–Trinajstić information content (AvgIpc) is 3.18. The number of ether oxygens (including phenoxy) is 1. The summed E-state index contributed by atoms with van der Waals surface area (Å²) in [5, 5.41) is 9.67. The van der Waals surface area contributed by atoms with Gasteiger partial charge in [-0.2, -0.15) is 44.6 Å². The maximum Gasteiger partial charge on any atom is 0.493 e. The molecule has 25 heteroatoms. The number of hydrogen-bond donors (Lipinski definition) is 2. The van der Waals surface area contributed by atoms with E-state index in [4.69, 9.17) is 10.1 Å². The summed E-state index contributed by atoms with van der Waals surface area (Å²) in [4.78, 5) is 73.5. The minimum absolute atomic E-state index is 0.0644. The van der Waals surface area contributed by atoms with Crippen molar-refractivity contribution in [3.8, 4) is 5.75 Å². The van der Waals surface area contributed by atoms with Crippen molar-refractivity contribution >= 4 is 52.2 Å². The van der Waals surface area contributed by atoms with Gasteiger partial charge in [0.25, 0.3) is 5.91 Å². The van der Waals surface area contributed by atoms with Crippen LogP contribution in [0.1, 0.15) is 48.8 Å². The Balaban J connectivity index is 1.49. The maximum atomic E-state index is 14.0. The molecule has 2 N–H and O–H groups in total. The zero-order valence-corrected chi connectivity index (χ0v) is 31.6. The number of halogens is 9. The predicted molar refractivity (Wildman–Crippen MR) is 187 cm³/mol. The number of hydrogen-bond acceptors (Lipinski definition) is 13. The van der Waals surface area contributed by atoms with Crippen LogP contribution in [0.25, 0.3) is 10.9 Å². The van der Waals surface area contributed by atoms with E-state index in [1.165, 1.54) is 12.0 Å². The van der Waals surface area contributed by atoms with E-state index in [0.29, 0.717) is 17.9 Å². The number of aryl methyl sites for hydroxylation is 1. The molecule has 1 aliphatic carbocycles. The third-order valence-corrected chi connectivity index (χ3v) is 9.30. The second-order valence-electron chi connectivity index (χ2n) is 13.5. The van der Waals surface area contributed by atoms with Crippen molar-refractivity contribution in [2.75, 3.05) is 37.0 Å². The Bertz CT molecular complexity index is 2080. The predicted octanol–water partition coefficient (Wildman–Crippen LogP) is 5.62. The van der Waals surface area contributed by atoms with Gasteiger partial charge in [-0.15, -0.1) is 0 Å². The van der Waals surface area contributed by atoms with Crippen LogP contribution in [0.15, 0.2) is 42.5 Å². The molecular formula is C35H35F9N8O8. The fourth-order valence-corrected chi connectivity index (χ4v) is 6.47. The van der Waals surface area contributed by atoms with Crippen molar-refractivity contribution in [2.45, 2.75) is 76.2 Å². The normalized spacial score (nSPS) is 18.6. The molecule has 1 saturated carbocycles. The van der Waals surface area contributed by atoms with Gasteiger partial charge in [-0.05, 0) is 63.1 Å². The number of fused-ring (bicyclic) bond motifs is 1. The SMILES string of the molecule is COc1ccc(N2CCN(C(=O)c3nc(NC4CCCCC4N(OC(=O)C(F)(F)F)C(=N)N(OC(=O)C(F)(F)F)OC(=O)C(F)(F)F)c4cc(C)ccc4n3)CC2C)cc1. The molecule has 2 heterocycles. The van der Waals surface area contributed by atoms with Gasteiger partial charge in [0, 0.05) is 42.0 Å². The van der Waals surface area contributed by atoms with E-state index in [9.17, 15) is 58.7 Å². The number of alkyl halides is 9. The van der Waals surface area contributed by atoms with Crippen LogP contribution < -0.4 is 15.0 Å². The van der Waals surface area contributed by atoms with Gasteiger partial charge in [0.15, 0.2) is 0 Å². The molecule has 2 aliphatic rings. The molecule has 1 aliphatic heterocycles. The highest BCUT2D eigenvalue weighted by molar-refractivity contribution is 5.97. The number of methoxy groups -OCH3 is 1. The van der Waals surface area contributed by atoms with Gasteiger partial charge >= 0.3 is 42.4 Å². The summed E-state index contributed by atoms with van der Waals surface area (Å²) in [6.45, 7) is 4.45. The zero-order valence-electron chi connectivity index (χ0n) is 31.6. The molecule has 2 fully saturated rings. The Morgan fingerprint density at radius 3 is 1.97 bits per heavy atom. The van der Waals surface area contributed by atoms with Crippen LogP contribution in [-0.2, 0) is 28.9 Å². The Labute approximate surface area is 333 Å². The quantitative estimate of drug-likeness (QED) is 0.135. The second kappa shape index (κ2) is 17.5. The van der Waals surface area contributed by atoms with Crippen LogP contribution in [0.4, 0.5) is 51.0 Å². The smallest absolute Gasteiger partial charge is 0.493 e. The lowest BCUT2D eigenvalue weighted by Crippen LogP contribution is -2.58. The highest BCUT2D eigenvalue weighted by Gasteiger charge is 2.51. The number of carbonyl (C=O) groups excluding carboxylic acids is 4. The minimum atomic E-state index is -6.00. The van der Waals surface area contributed by atoms with Crippen molar-refractivity contribution in [3.63, 3.8) is 0 Å². The number of hydroxylamine groups is 4. The molecule has 326 valence electrons. The number of anilines is 2. The molecule has 0 radical (unpaired) electrons. The monoisotopic (exact) mass is 866 g/mol. The molecule has 2 aromatic carbocycles. The summed E-state index contributed by atoms with van der Waals surface area (Å²) in [6, 6.07) is 8.76. The molecule has 1 aromatic heterocycles. The number of nitrogens with zero attached hydrogens (tertiary/aromatic N) is 6.